The molecule has 4 heteroatoms. The molecule has 2 aliphatic rings. The maximum absolute atomic E-state index is 12.4. The molecule has 2 saturated heterocycles. The van der Waals surface area contributed by atoms with Crippen LogP contribution in [0, 0.1) is 18.3 Å². The van der Waals surface area contributed by atoms with Gasteiger partial charge >= 0.3 is 0 Å². The number of rotatable bonds is 4. The normalized spacial score (nSPS) is 24.3. The standard InChI is InChI=1S/C21H32N2O2/c1-16(2)20(24)23-10-5-8-21(15-23)9-11-22(14-21)13-18-6-7-19(25-4)12-17(18)3/h6-7,12,16H,5,8-11,13-15H2,1-4H3/t21-/m0/s1. The number of carbonyl (C=O) groups excluding carboxylic acids is 1. The van der Waals surface area contributed by atoms with Crippen LogP contribution in [0.15, 0.2) is 18.2 Å². The van der Waals surface area contributed by atoms with Crippen molar-refractivity contribution in [3.63, 3.8) is 0 Å². The van der Waals surface area contributed by atoms with Crippen LogP contribution in [0.2, 0.25) is 0 Å². The minimum atomic E-state index is 0.106. The molecule has 4 nitrogen and oxygen atoms in total. The van der Waals surface area contributed by atoms with E-state index >= 15 is 0 Å². The molecule has 1 aromatic carbocycles. The monoisotopic (exact) mass is 344 g/mol. The quantitative estimate of drug-likeness (QED) is 0.838. The Morgan fingerprint density at radius 1 is 1.24 bits per heavy atom. The molecule has 1 amide bonds. The van der Waals surface area contributed by atoms with Crippen LogP contribution in [-0.2, 0) is 11.3 Å². The Hall–Kier alpha value is -1.55. The van der Waals surface area contributed by atoms with Crippen molar-refractivity contribution in [2.24, 2.45) is 11.3 Å². The predicted molar refractivity (Wildman–Crippen MR) is 101 cm³/mol. The van der Waals surface area contributed by atoms with Crippen molar-refractivity contribution in [1.29, 1.82) is 0 Å². The molecule has 2 heterocycles. The van der Waals surface area contributed by atoms with Gasteiger partial charge in [0, 0.05) is 37.5 Å². The van der Waals surface area contributed by atoms with Gasteiger partial charge in [-0.05, 0) is 56.0 Å². The number of methoxy groups -OCH3 is 1. The van der Waals surface area contributed by atoms with E-state index in [9.17, 15) is 4.79 Å². The highest BCUT2D eigenvalue weighted by atomic mass is 16.5. The van der Waals surface area contributed by atoms with E-state index in [-0.39, 0.29) is 5.92 Å². The summed E-state index contributed by atoms with van der Waals surface area (Å²) in [7, 11) is 1.71. The first-order chi connectivity index (χ1) is 11.9. The second kappa shape index (κ2) is 7.36. The van der Waals surface area contributed by atoms with E-state index in [0.717, 1.165) is 44.9 Å². The summed E-state index contributed by atoms with van der Waals surface area (Å²) in [6.07, 6.45) is 3.62. The summed E-state index contributed by atoms with van der Waals surface area (Å²) >= 11 is 0. The second-order valence-corrected chi connectivity index (χ2v) is 8.27. The van der Waals surface area contributed by atoms with Crippen molar-refractivity contribution in [1.82, 2.24) is 9.80 Å². The van der Waals surface area contributed by atoms with Gasteiger partial charge in [0.25, 0.3) is 0 Å². The van der Waals surface area contributed by atoms with Gasteiger partial charge in [-0.1, -0.05) is 19.9 Å². The lowest BCUT2D eigenvalue weighted by Crippen LogP contribution is -2.48. The molecule has 0 unspecified atom stereocenters. The van der Waals surface area contributed by atoms with Crippen LogP contribution in [0.1, 0.15) is 44.2 Å². The molecule has 25 heavy (non-hydrogen) atoms. The van der Waals surface area contributed by atoms with Gasteiger partial charge in [0.1, 0.15) is 5.75 Å². The first-order valence-electron chi connectivity index (χ1n) is 9.57. The smallest absolute Gasteiger partial charge is 0.225 e. The predicted octanol–water partition coefficient (Wildman–Crippen LogP) is 3.47. The fraction of sp³-hybridized carbons (Fsp3) is 0.667. The highest BCUT2D eigenvalue weighted by Gasteiger charge is 2.42. The van der Waals surface area contributed by atoms with Gasteiger partial charge < -0.3 is 9.64 Å². The molecule has 0 bridgehead atoms. The number of carbonyl (C=O) groups is 1. The Kier molecular flexibility index (Phi) is 5.38. The molecule has 1 aromatic rings. The fourth-order valence-corrected chi connectivity index (χ4v) is 4.47. The number of piperidine rings is 1. The molecule has 2 aliphatic heterocycles. The number of hydrogen-bond donors (Lipinski definition) is 0. The van der Waals surface area contributed by atoms with E-state index < -0.39 is 0 Å². The minimum absolute atomic E-state index is 0.106. The lowest BCUT2D eigenvalue weighted by molar-refractivity contribution is -0.137. The maximum Gasteiger partial charge on any atom is 0.225 e. The zero-order chi connectivity index (χ0) is 18.0. The van der Waals surface area contributed by atoms with E-state index in [0.29, 0.717) is 11.3 Å². The third kappa shape index (κ3) is 4.00. The SMILES string of the molecule is COc1ccc(CN2CC[C@@]3(CCCN(C(=O)C(C)C)C3)C2)c(C)c1. The molecule has 0 saturated carbocycles. The van der Waals surface area contributed by atoms with Crippen molar-refractivity contribution < 1.29 is 9.53 Å². The zero-order valence-electron chi connectivity index (χ0n) is 16.2. The summed E-state index contributed by atoms with van der Waals surface area (Å²) < 4.78 is 5.31. The summed E-state index contributed by atoms with van der Waals surface area (Å²) in [5.74, 6) is 1.35. The highest BCUT2D eigenvalue weighted by molar-refractivity contribution is 5.78. The number of hydrogen-bond acceptors (Lipinski definition) is 3. The first kappa shape index (κ1) is 18.2. The Morgan fingerprint density at radius 3 is 2.72 bits per heavy atom. The molecular formula is C21H32N2O2. The molecular weight excluding hydrogens is 312 g/mol. The Morgan fingerprint density at radius 2 is 2.04 bits per heavy atom. The van der Waals surface area contributed by atoms with Crippen molar-refractivity contribution in [2.75, 3.05) is 33.3 Å². The molecule has 3 rings (SSSR count). The van der Waals surface area contributed by atoms with E-state index in [1.807, 2.05) is 13.8 Å². The topological polar surface area (TPSA) is 32.8 Å². The molecule has 1 spiro atoms. The van der Waals surface area contributed by atoms with E-state index in [1.165, 1.54) is 24.0 Å². The number of ether oxygens (including phenoxy) is 1. The molecule has 0 aromatic heterocycles. The number of benzene rings is 1. The van der Waals surface area contributed by atoms with Gasteiger partial charge in [0.2, 0.25) is 5.91 Å². The van der Waals surface area contributed by atoms with Crippen LogP contribution in [0.4, 0.5) is 0 Å². The van der Waals surface area contributed by atoms with E-state index in [4.69, 9.17) is 4.74 Å². The largest absolute Gasteiger partial charge is 0.497 e. The van der Waals surface area contributed by atoms with Crippen molar-refractivity contribution in [3.8, 4) is 5.75 Å². The summed E-state index contributed by atoms with van der Waals surface area (Å²) in [5, 5.41) is 0. The van der Waals surface area contributed by atoms with Gasteiger partial charge in [0.15, 0.2) is 0 Å². The maximum atomic E-state index is 12.4. The number of aryl methyl sites for hydroxylation is 1. The number of likely N-dealkylation sites (tertiary alicyclic amines) is 2. The molecule has 0 radical (unpaired) electrons. The third-order valence-electron chi connectivity index (χ3n) is 5.93. The fourth-order valence-electron chi connectivity index (χ4n) is 4.47. The second-order valence-electron chi connectivity index (χ2n) is 8.27. The van der Waals surface area contributed by atoms with Crippen LogP contribution in [0.5, 0.6) is 5.75 Å². The minimum Gasteiger partial charge on any atom is -0.497 e. The molecule has 138 valence electrons. The van der Waals surface area contributed by atoms with Crippen LogP contribution in [0.25, 0.3) is 0 Å². The van der Waals surface area contributed by atoms with Gasteiger partial charge in [-0.3, -0.25) is 9.69 Å². The summed E-state index contributed by atoms with van der Waals surface area (Å²) in [6, 6.07) is 6.36. The van der Waals surface area contributed by atoms with E-state index in [2.05, 4.69) is 34.9 Å². The number of amides is 1. The summed E-state index contributed by atoms with van der Waals surface area (Å²) in [4.78, 5) is 17.1. The summed E-state index contributed by atoms with van der Waals surface area (Å²) in [5.41, 5.74) is 2.98. The molecule has 2 fully saturated rings. The van der Waals surface area contributed by atoms with Crippen molar-refractivity contribution >= 4 is 5.91 Å². The van der Waals surface area contributed by atoms with Crippen LogP contribution in [0.3, 0.4) is 0 Å². The van der Waals surface area contributed by atoms with Crippen LogP contribution < -0.4 is 4.74 Å². The van der Waals surface area contributed by atoms with Gasteiger partial charge in [-0.2, -0.15) is 0 Å². The van der Waals surface area contributed by atoms with Gasteiger partial charge in [-0.15, -0.1) is 0 Å². The Labute approximate surface area is 152 Å². The lowest BCUT2D eigenvalue weighted by atomic mass is 9.79. The van der Waals surface area contributed by atoms with Crippen LogP contribution in [-0.4, -0.2) is 49.0 Å². The average molecular weight is 344 g/mol. The highest BCUT2D eigenvalue weighted by Crippen LogP contribution is 2.40. The Balaban J connectivity index is 1.64. The third-order valence-corrected chi connectivity index (χ3v) is 5.93. The Bertz CT molecular complexity index is 628. The lowest BCUT2D eigenvalue weighted by Gasteiger charge is -2.41. The molecule has 1 atom stereocenters. The van der Waals surface area contributed by atoms with Crippen molar-refractivity contribution in [3.05, 3.63) is 29.3 Å². The van der Waals surface area contributed by atoms with Crippen molar-refractivity contribution in [2.45, 2.75) is 46.6 Å². The van der Waals surface area contributed by atoms with Gasteiger partial charge in [0.05, 0.1) is 7.11 Å². The number of nitrogens with zero attached hydrogens (tertiary/aromatic N) is 2. The van der Waals surface area contributed by atoms with Gasteiger partial charge in [-0.25, -0.2) is 0 Å². The molecule has 0 aliphatic carbocycles. The van der Waals surface area contributed by atoms with E-state index in [1.54, 1.807) is 7.11 Å². The van der Waals surface area contributed by atoms with Crippen LogP contribution >= 0.6 is 0 Å². The summed E-state index contributed by atoms with van der Waals surface area (Å²) in [6.45, 7) is 11.3. The zero-order valence-corrected chi connectivity index (χ0v) is 16.2. The molecule has 0 N–H and O–H groups in total. The average Bonchev–Trinajstić information content (AvgIpc) is 2.97. The first-order valence-corrected chi connectivity index (χ1v) is 9.57.